The van der Waals surface area contributed by atoms with Gasteiger partial charge in [-0.25, -0.2) is 0 Å². The van der Waals surface area contributed by atoms with Gasteiger partial charge in [-0.1, -0.05) is 18.2 Å². The van der Waals surface area contributed by atoms with Crippen LogP contribution in [0.2, 0.25) is 0 Å². The van der Waals surface area contributed by atoms with Gasteiger partial charge in [0.1, 0.15) is 0 Å². The van der Waals surface area contributed by atoms with Gasteiger partial charge in [0, 0.05) is 18.3 Å². The number of ether oxygens (including phenoxy) is 2. The van der Waals surface area contributed by atoms with Crippen molar-refractivity contribution in [2.24, 2.45) is 5.73 Å². The van der Waals surface area contributed by atoms with E-state index in [2.05, 4.69) is 0 Å². The Morgan fingerprint density at radius 3 is 2.39 bits per heavy atom. The molecule has 0 radical (unpaired) electrons. The number of nitrogens with two attached hydrogens (primary N) is 1. The third-order valence-corrected chi connectivity index (χ3v) is 3.23. The highest BCUT2D eigenvalue weighted by Gasteiger charge is 2.16. The number of hydrogen-bond donors (Lipinski definition) is 1. The van der Waals surface area contributed by atoms with Gasteiger partial charge in [0.25, 0.3) is 11.8 Å². The number of hydrogen-bond acceptors (Lipinski definition) is 4. The van der Waals surface area contributed by atoms with Crippen LogP contribution in [0, 0.1) is 0 Å². The summed E-state index contributed by atoms with van der Waals surface area (Å²) in [6.07, 6.45) is 0. The molecule has 23 heavy (non-hydrogen) atoms. The number of primary amides is 1. The summed E-state index contributed by atoms with van der Waals surface area (Å²) in [4.78, 5) is 24.9. The van der Waals surface area contributed by atoms with Gasteiger partial charge >= 0.3 is 0 Å². The Hall–Kier alpha value is -3.02. The minimum atomic E-state index is -0.587. The lowest BCUT2D eigenvalue weighted by atomic mass is 10.1. The predicted octanol–water partition coefficient (Wildman–Crippen LogP) is 1.84. The zero-order valence-electron chi connectivity index (χ0n) is 13.0. The molecule has 0 aliphatic rings. The number of carbonyl (C=O) groups excluding carboxylic acids is 2. The second-order valence-electron chi connectivity index (χ2n) is 4.82. The number of carbonyl (C=O) groups is 2. The lowest BCUT2D eigenvalue weighted by molar-refractivity contribution is -0.119. The van der Waals surface area contributed by atoms with Crippen molar-refractivity contribution in [2.75, 3.05) is 25.7 Å². The van der Waals surface area contributed by atoms with Crippen molar-refractivity contribution in [1.29, 1.82) is 0 Å². The molecule has 0 saturated carbocycles. The number of amides is 2. The first-order valence-electron chi connectivity index (χ1n) is 6.95. The van der Waals surface area contributed by atoms with E-state index in [0.29, 0.717) is 17.1 Å². The van der Waals surface area contributed by atoms with E-state index in [-0.39, 0.29) is 12.5 Å². The first-order chi connectivity index (χ1) is 11.0. The molecule has 0 unspecified atom stereocenters. The van der Waals surface area contributed by atoms with E-state index in [1.165, 1.54) is 7.11 Å². The molecule has 0 atom stereocenters. The van der Waals surface area contributed by atoms with E-state index >= 15 is 0 Å². The summed E-state index contributed by atoms with van der Waals surface area (Å²) >= 11 is 0. The lowest BCUT2D eigenvalue weighted by Gasteiger charge is -2.18. The first-order valence-corrected chi connectivity index (χ1v) is 6.95. The van der Waals surface area contributed by atoms with Crippen LogP contribution in [-0.4, -0.2) is 32.6 Å². The van der Waals surface area contributed by atoms with Gasteiger partial charge < -0.3 is 20.1 Å². The summed E-state index contributed by atoms with van der Waals surface area (Å²) < 4.78 is 10.5. The van der Waals surface area contributed by atoms with Crippen molar-refractivity contribution in [3.63, 3.8) is 0 Å². The topological polar surface area (TPSA) is 81.9 Å². The molecule has 6 nitrogen and oxygen atoms in total. The van der Waals surface area contributed by atoms with E-state index in [4.69, 9.17) is 15.2 Å². The number of anilines is 1. The van der Waals surface area contributed by atoms with Crippen LogP contribution < -0.4 is 20.1 Å². The minimum absolute atomic E-state index is 0.184. The van der Waals surface area contributed by atoms with Crippen LogP contribution in [0.5, 0.6) is 11.5 Å². The number of para-hydroxylation sites is 1. The van der Waals surface area contributed by atoms with Gasteiger partial charge in [0.2, 0.25) is 0 Å². The third-order valence-electron chi connectivity index (χ3n) is 3.23. The molecule has 0 aliphatic carbocycles. The van der Waals surface area contributed by atoms with Crippen LogP contribution in [0.1, 0.15) is 10.4 Å². The first kappa shape index (κ1) is 16.4. The van der Waals surface area contributed by atoms with Crippen molar-refractivity contribution in [2.45, 2.75) is 0 Å². The molecule has 2 rings (SSSR count). The van der Waals surface area contributed by atoms with Crippen molar-refractivity contribution in [3.8, 4) is 11.5 Å². The Labute approximate surface area is 134 Å². The van der Waals surface area contributed by atoms with E-state index in [1.54, 1.807) is 30.1 Å². The van der Waals surface area contributed by atoms with Gasteiger partial charge in [-0.05, 0) is 30.3 Å². The molecule has 6 heteroatoms. The summed E-state index contributed by atoms with van der Waals surface area (Å²) in [5, 5.41) is 0. The summed E-state index contributed by atoms with van der Waals surface area (Å²) in [5.41, 5.74) is 6.28. The third kappa shape index (κ3) is 4.00. The van der Waals surface area contributed by atoms with Crippen LogP contribution in [0.15, 0.2) is 48.5 Å². The summed E-state index contributed by atoms with van der Waals surface area (Å²) in [6, 6.07) is 14.1. The Morgan fingerprint density at radius 2 is 1.78 bits per heavy atom. The molecule has 2 N–H and O–H groups in total. The van der Waals surface area contributed by atoms with Crippen molar-refractivity contribution in [1.82, 2.24) is 0 Å². The maximum atomic E-state index is 12.5. The Bertz CT molecular complexity index is 701. The number of benzene rings is 2. The Kier molecular flexibility index (Phi) is 5.19. The van der Waals surface area contributed by atoms with E-state index in [0.717, 1.165) is 5.69 Å². The van der Waals surface area contributed by atoms with Crippen LogP contribution in [0.25, 0.3) is 0 Å². The van der Waals surface area contributed by atoms with Crippen LogP contribution in [0.3, 0.4) is 0 Å². The van der Waals surface area contributed by atoms with Crippen LogP contribution >= 0.6 is 0 Å². The number of nitrogens with zero attached hydrogens (tertiary/aromatic N) is 1. The second kappa shape index (κ2) is 7.31. The summed E-state index contributed by atoms with van der Waals surface area (Å²) in [5.74, 6) is -0.0595. The molecule has 0 bridgehead atoms. The highest BCUT2D eigenvalue weighted by molar-refractivity contribution is 6.06. The molecular formula is C17H18N2O4. The van der Waals surface area contributed by atoms with Crippen molar-refractivity contribution >= 4 is 17.5 Å². The minimum Gasteiger partial charge on any atom is -0.493 e. The van der Waals surface area contributed by atoms with Gasteiger partial charge in [0.15, 0.2) is 18.1 Å². The largest absolute Gasteiger partial charge is 0.493 e. The molecule has 0 aromatic heterocycles. The molecule has 0 saturated heterocycles. The summed E-state index contributed by atoms with van der Waals surface area (Å²) in [6.45, 7) is -0.256. The van der Waals surface area contributed by atoms with Crippen molar-refractivity contribution < 1.29 is 19.1 Å². The van der Waals surface area contributed by atoms with E-state index in [9.17, 15) is 9.59 Å². The Morgan fingerprint density at radius 1 is 1.09 bits per heavy atom. The van der Waals surface area contributed by atoms with Gasteiger partial charge in [0.05, 0.1) is 7.11 Å². The molecule has 0 fully saturated rings. The smallest absolute Gasteiger partial charge is 0.258 e. The van der Waals surface area contributed by atoms with E-state index < -0.39 is 5.91 Å². The number of rotatable bonds is 6. The fraction of sp³-hybridized carbons (Fsp3) is 0.176. The molecule has 2 aromatic rings. The van der Waals surface area contributed by atoms with E-state index in [1.807, 2.05) is 30.3 Å². The Balaban J connectivity index is 2.22. The van der Waals surface area contributed by atoms with Gasteiger partial charge in [-0.3, -0.25) is 9.59 Å². The standard InChI is InChI=1S/C17H18N2O4/c1-19(13-6-4-3-5-7-13)17(21)12-8-9-14(15(10-12)22-2)23-11-16(18)20/h3-10H,11H2,1-2H3,(H2,18,20). The quantitative estimate of drug-likeness (QED) is 0.882. The normalized spacial score (nSPS) is 10.0. The zero-order valence-corrected chi connectivity index (χ0v) is 13.0. The fourth-order valence-electron chi connectivity index (χ4n) is 2.03. The highest BCUT2D eigenvalue weighted by atomic mass is 16.5. The maximum absolute atomic E-state index is 12.5. The van der Waals surface area contributed by atoms with Crippen LogP contribution in [0.4, 0.5) is 5.69 Å². The molecule has 0 aliphatic heterocycles. The molecular weight excluding hydrogens is 296 g/mol. The molecule has 2 amide bonds. The predicted molar refractivity (Wildman–Crippen MR) is 86.9 cm³/mol. The SMILES string of the molecule is COc1cc(C(=O)N(C)c2ccccc2)ccc1OCC(N)=O. The second-order valence-corrected chi connectivity index (χ2v) is 4.82. The van der Waals surface area contributed by atoms with Gasteiger partial charge in [-0.2, -0.15) is 0 Å². The fourth-order valence-corrected chi connectivity index (χ4v) is 2.03. The molecule has 0 spiro atoms. The van der Waals surface area contributed by atoms with Gasteiger partial charge in [-0.15, -0.1) is 0 Å². The molecule has 0 heterocycles. The average Bonchev–Trinajstić information content (AvgIpc) is 2.59. The summed E-state index contributed by atoms with van der Waals surface area (Å²) in [7, 11) is 3.16. The van der Waals surface area contributed by atoms with Crippen molar-refractivity contribution in [3.05, 3.63) is 54.1 Å². The lowest BCUT2D eigenvalue weighted by Crippen LogP contribution is -2.26. The number of methoxy groups -OCH3 is 1. The zero-order chi connectivity index (χ0) is 16.8. The monoisotopic (exact) mass is 314 g/mol. The molecule has 2 aromatic carbocycles. The highest BCUT2D eigenvalue weighted by Crippen LogP contribution is 2.29. The average molecular weight is 314 g/mol. The maximum Gasteiger partial charge on any atom is 0.258 e. The van der Waals surface area contributed by atoms with Crippen LogP contribution in [-0.2, 0) is 4.79 Å². The molecule has 120 valence electrons.